The van der Waals surface area contributed by atoms with Crippen LogP contribution in [0.15, 0.2) is 45.5 Å². The van der Waals surface area contributed by atoms with Crippen molar-refractivity contribution < 1.29 is 13.7 Å². The van der Waals surface area contributed by atoms with Crippen LogP contribution in [0.5, 0.6) is 0 Å². The highest BCUT2D eigenvalue weighted by Gasteiger charge is 2.19. The summed E-state index contributed by atoms with van der Waals surface area (Å²) in [7, 11) is 1.81. The first-order valence-electron chi connectivity index (χ1n) is 7.59. The fourth-order valence-electron chi connectivity index (χ4n) is 2.44. The lowest BCUT2D eigenvalue weighted by atomic mass is 10.2. The zero-order valence-corrected chi connectivity index (χ0v) is 13.5. The van der Waals surface area contributed by atoms with Crippen molar-refractivity contribution >= 4 is 16.9 Å². The molecule has 3 heterocycles. The lowest BCUT2D eigenvalue weighted by Crippen LogP contribution is -2.26. The smallest absolute Gasteiger partial charge is 0.287 e. The summed E-state index contributed by atoms with van der Waals surface area (Å²) in [4.78, 5) is 16.4. The third-order valence-corrected chi connectivity index (χ3v) is 3.77. The first-order chi connectivity index (χ1) is 12.1. The van der Waals surface area contributed by atoms with Gasteiger partial charge in [-0.1, -0.05) is 10.4 Å². The predicted molar refractivity (Wildman–Crippen MR) is 86.4 cm³/mol. The maximum absolute atomic E-state index is 12.0. The first kappa shape index (κ1) is 15.1. The maximum Gasteiger partial charge on any atom is 0.287 e. The molecule has 0 aliphatic carbocycles. The average Bonchev–Trinajstić information content (AvgIpc) is 3.36. The number of nitrogens with zero attached hydrogens (tertiary/aromatic N) is 5. The number of carbonyl (C=O) groups is 1. The minimum Gasteiger partial charge on any atom is -0.459 e. The molecular formula is C16H14N6O3. The Morgan fingerprint density at radius 1 is 1.32 bits per heavy atom. The molecule has 0 saturated carbocycles. The highest BCUT2D eigenvalue weighted by molar-refractivity contribution is 5.91. The molecule has 1 amide bonds. The van der Waals surface area contributed by atoms with Crippen molar-refractivity contribution in [1.82, 2.24) is 30.5 Å². The number of fused-ring (bicyclic) bond motifs is 1. The van der Waals surface area contributed by atoms with Crippen LogP contribution in [0, 0.1) is 0 Å². The molecule has 0 saturated heterocycles. The summed E-state index contributed by atoms with van der Waals surface area (Å²) >= 11 is 0. The number of hydrogen-bond acceptors (Lipinski definition) is 7. The molecule has 1 aromatic carbocycles. The summed E-state index contributed by atoms with van der Waals surface area (Å²) in [5, 5.41) is 14.7. The number of nitrogens with one attached hydrogen (secondary N) is 1. The van der Waals surface area contributed by atoms with E-state index < -0.39 is 6.04 Å². The fraction of sp³-hybridized carbons (Fsp3) is 0.188. The molecule has 0 fully saturated rings. The van der Waals surface area contributed by atoms with Gasteiger partial charge in [0.2, 0.25) is 11.7 Å². The molecule has 126 valence electrons. The highest BCUT2D eigenvalue weighted by Crippen LogP contribution is 2.22. The number of hydrogen-bond donors (Lipinski definition) is 1. The summed E-state index contributed by atoms with van der Waals surface area (Å²) in [6.45, 7) is 1.76. The van der Waals surface area contributed by atoms with E-state index in [1.165, 1.54) is 6.26 Å². The second-order valence-electron chi connectivity index (χ2n) is 5.55. The van der Waals surface area contributed by atoms with E-state index in [1.54, 1.807) is 23.7 Å². The van der Waals surface area contributed by atoms with E-state index in [1.807, 2.05) is 25.2 Å². The molecule has 1 atom stereocenters. The third-order valence-electron chi connectivity index (χ3n) is 3.77. The van der Waals surface area contributed by atoms with Crippen LogP contribution in [0.25, 0.3) is 22.4 Å². The van der Waals surface area contributed by atoms with Gasteiger partial charge in [-0.2, -0.15) is 4.98 Å². The van der Waals surface area contributed by atoms with Gasteiger partial charge in [-0.05, 0) is 37.3 Å². The normalized spacial score (nSPS) is 12.4. The van der Waals surface area contributed by atoms with Crippen molar-refractivity contribution in [2.45, 2.75) is 13.0 Å². The van der Waals surface area contributed by atoms with Crippen LogP contribution in [-0.4, -0.2) is 31.0 Å². The zero-order chi connectivity index (χ0) is 17.4. The van der Waals surface area contributed by atoms with Gasteiger partial charge in [-0.25, -0.2) is 4.68 Å². The second kappa shape index (κ2) is 5.86. The number of aryl methyl sites for hydroxylation is 1. The zero-order valence-electron chi connectivity index (χ0n) is 13.5. The summed E-state index contributed by atoms with van der Waals surface area (Å²) in [6.07, 6.45) is 1.44. The molecule has 4 rings (SSSR count). The fourth-order valence-corrected chi connectivity index (χ4v) is 2.44. The Balaban J connectivity index is 1.56. The molecule has 0 aliphatic rings. The molecule has 0 unspecified atom stereocenters. The monoisotopic (exact) mass is 338 g/mol. The van der Waals surface area contributed by atoms with Crippen LogP contribution < -0.4 is 5.32 Å². The molecule has 25 heavy (non-hydrogen) atoms. The van der Waals surface area contributed by atoms with Gasteiger partial charge in [-0.3, -0.25) is 4.79 Å². The van der Waals surface area contributed by atoms with E-state index in [4.69, 9.17) is 8.94 Å². The first-order valence-corrected chi connectivity index (χ1v) is 7.59. The molecule has 9 heteroatoms. The van der Waals surface area contributed by atoms with Gasteiger partial charge in [0.25, 0.3) is 5.91 Å². The number of furan rings is 1. The Kier molecular flexibility index (Phi) is 3.53. The van der Waals surface area contributed by atoms with Gasteiger partial charge in [0, 0.05) is 12.6 Å². The van der Waals surface area contributed by atoms with E-state index in [-0.39, 0.29) is 11.7 Å². The van der Waals surface area contributed by atoms with Crippen molar-refractivity contribution in [2.24, 2.45) is 7.05 Å². The Morgan fingerprint density at radius 3 is 3.00 bits per heavy atom. The Morgan fingerprint density at radius 2 is 2.20 bits per heavy atom. The summed E-state index contributed by atoms with van der Waals surface area (Å²) in [6, 6.07) is 8.34. The van der Waals surface area contributed by atoms with Crippen molar-refractivity contribution in [2.75, 3.05) is 0 Å². The number of amides is 1. The Hall–Kier alpha value is -3.49. The van der Waals surface area contributed by atoms with Crippen molar-refractivity contribution in [3.8, 4) is 11.4 Å². The van der Waals surface area contributed by atoms with Crippen molar-refractivity contribution in [3.05, 3.63) is 48.2 Å². The molecule has 9 nitrogen and oxygen atoms in total. The molecular weight excluding hydrogens is 324 g/mol. The molecule has 0 radical (unpaired) electrons. The SMILES string of the molecule is C[C@@H](NC(=O)c1ccco1)c1nc(-c2ccc3nnn(C)c3c2)no1. The average molecular weight is 338 g/mol. The largest absolute Gasteiger partial charge is 0.459 e. The van der Waals surface area contributed by atoms with Gasteiger partial charge in [-0.15, -0.1) is 5.10 Å². The minimum absolute atomic E-state index is 0.223. The molecule has 4 aromatic rings. The summed E-state index contributed by atoms with van der Waals surface area (Å²) in [5.41, 5.74) is 2.43. The van der Waals surface area contributed by atoms with Gasteiger partial charge < -0.3 is 14.3 Å². The maximum atomic E-state index is 12.0. The number of carbonyl (C=O) groups excluding carboxylic acids is 1. The molecule has 1 N–H and O–H groups in total. The molecule has 0 bridgehead atoms. The Bertz CT molecular complexity index is 1030. The highest BCUT2D eigenvalue weighted by atomic mass is 16.5. The molecule has 0 aliphatic heterocycles. The number of aromatic nitrogens is 5. The Labute approximate surface area is 141 Å². The topological polar surface area (TPSA) is 112 Å². The van der Waals surface area contributed by atoms with Gasteiger partial charge in [0.1, 0.15) is 11.6 Å². The van der Waals surface area contributed by atoms with Gasteiger partial charge >= 0.3 is 0 Å². The van der Waals surface area contributed by atoms with E-state index in [0.29, 0.717) is 11.7 Å². The van der Waals surface area contributed by atoms with Crippen LogP contribution in [0.4, 0.5) is 0 Å². The molecule has 0 spiro atoms. The van der Waals surface area contributed by atoms with Crippen LogP contribution >= 0.6 is 0 Å². The van der Waals surface area contributed by atoms with Crippen molar-refractivity contribution in [3.63, 3.8) is 0 Å². The van der Waals surface area contributed by atoms with E-state index in [0.717, 1.165) is 16.6 Å². The van der Waals surface area contributed by atoms with Crippen molar-refractivity contribution in [1.29, 1.82) is 0 Å². The number of rotatable bonds is 4. The molecule has 3 aromatic heterocycles. The lowest BCUT2D eigenvalue weighted by molar-refractivity contribution is 0.0904. The summed E-state index contributed by atoms with van der Waals surface area (Å²) in [5.74, 6) is 0.607. The van der Waals surface area contributed by atoms with Crippen LogP contribution in [0.3, 0.4) is 0 Å². The van der Waals surface area contributed by atoms with Gasteiger partial charge in [0.15, 0.2) is 5.76 Å². The second-order valence-corrected chi connectivity index (χ2v) is 5.55. The quantitative estimate of drug-likeness (QED) is 0.606. The minimum atomic E-state index is -0.457. The standard InChI is InChI=1S/C16H14N6O3/c1-9(17-15(23)13-4-3-7-24-13)16-18-14(20-25-16)10-5-6-11-12(8-10)22(2)21-19-11/h3-9H,1-2H3,(H,17,23)/t9-/m1/s1. The summed E-state index contributed by atoms with van der Waals surface area (Å²) < 4.78 is 12.0. The van der Waals surface area contributed by atoms with Gasteiger partial charge in [0.05, 0.1) is 11.8 Å². The third kappa shape index (κ3) is 2.75. The van der Waals surface area contributed by atoms with Crippen LogP contribution in [0.1, 0.15) is 29.4 Å². The predicted octanol–water partition coefficient (Wildman–Crippen LogP) is 2.10. The van der Waals surface area contributed by atoms with E-state index in [2.05, 4.69) is 25.8 Å². The van der Waals surface area contributed by atoms with E-state index in [9.17, 15) is 4.79 Å². The van der Waals surface area contributed by atoms with E-state index >= 15 is 0 Å². The van der Waals surface area contributed by atoms with Crippen LogP contribution in [0.2, 0.25) is 0 Å². The lowest BCUT2D eigenvalue weighted by Gasteiger charge is -2.07. The number of benzene rings is 1. The van der Waals surface area contributed by atoms with Crippen LogP contribution in [-0.2, 0) is 7.05 Å².